The van der Waals surface area contributed by atoms with Gasteiger partial charge in [-0.3, -0.25) is 4.79 Å². The summed E-state index contributed by atoms with van der Waals surface area (Å²) in [6, 6.07) is 19.1. The van der Waals surface area contributed by atoms with Crippen LogP contribution in [0.2, 0.25) is 0 Å². The highest BCUT2D eigenvalue weighted by Crippen LogP contribution is 2.66. The van der Waals surface area contributed by atoms with Gasteiger partial charge in [0, 0.05) is 30.6 Å². The van der Waals surface area contributed by atoms with E-state index in [1.807, 2.05) is 12.1 Å². The van der Waals surface area contributed by atoms with Gasteiger partial charge in [0.05, 0.1) is 32.3 Å². The maximum atomic E-state index is 13.4. The number of benzene rings is 2. The van der Waals surface area contributed by atoms with E-state index in [-0.39, 0.29) is 11.5 Å². The Kier molecular flexibility index (Phi) is 7.06. The van der Waals surface area contributed by atoms with Crippen molar-refractivity contribution in [2.45, 2.75) is 68.9 Å². The number of carbonyl (C=O) groups excluding carboxylic acids is 1. The number of carbonyl (C=O) groups is 1. The average molecular weight is 608 g/mol. The Morgan fingerprint density at radius 3 is 2.59 bits per heavy atom. The van der Waals surface area contributed by atoms with Gasteiger partial charge in [-0.25, -0.2) is 0 Å². The number of hydrogen-bond acceptors (Lipinski definition) is 4. The number of amides is 1. The van der Waals surface area contributed by atoms with Crippen LogP contribution in [0.4, 0.5) is 13.2 Å². The molecule has 2 aliphatic heterocycles. The summed E-state index contributed by atoms with van der Waals surface area (Å²) in [6.45, 7) is 2.02. The Hall–Kier alpha value is -3.40. The first-order valence-electron chi connectivity index (χ1n) is 15.5. The molecule has 1 amide bonds. The van der Waals surface area contributed by atoms with Crippen molar-refractivity contribution in [2.75, 3.05) is 20.1 Å². The molecule has 232 valence electrons. The fraction of sp³-hybridized carbons (Fsp3) is 0.457. The van der Waals surface area contributed by atoms with Crippen molar-refractivity contribution < 1.29 is 37.0 Å². The van der Waals surface area contributed by atoms with Gasteiger partial charge in [-0.2, -0.15) is 0 Å². The van der Waals surface area contributed by atoms with Crippen LogP contribution in [0.3, 0.4) is 0 Å². The number of quaternary nitrogens is 1. The first kappa shape index (κ1) is 29.3. The highest BCUT2D eigenvalue weighted by molar-refractivity contribution is 5.96. The molecule has 1 spiro atoms. The van der Waals surface area contributed by atoms with Gasteiger partial charge >= 0.3 is 6.36 Å². The quantitative estimate of drug-likeness (QED) is 0.185. The number of nitrogens with zero attached hydrogens (tertiary/aromatic N) is 1. The van der Waals surface area contributed by atoms with Crippen molar-refractivity contribution in [3.63, 3.8) is 0 Å². The Morgan fingerprint density at radius 1 is 1.14 bits per heavy atom. The van der Waals surface area contributed by atoms with E-state index in [0.717, 1.165) is 73.3 Å². The van der Waals surface area contributed by atoms with E-state index >= 15 is 0 Å². The van der Waals surface area contributed by atoms with Crippen LogP contribution in [0.5, 0.6) is 0 Å². The molecule has 3 fully saturated rings. The van der Waals surface area contributed by atoms with Gasteiger partial charge in [0.2, 0.25) is 0 Å². The molecule has 3 unspecified atom stereocenters. The number of piperidine rings is 1. The minimum atomic E-state index is -5.09. The molecule has 3 aliphatic carbocycles. The van der Waals surface area contributed by atoms with Crippen molar-refractivity contribution >= 4 is 12.0 Å². The highest BCUT2D eigenvalue weighted by atomic mass is 19.4. The largest absolute Gasteiger partial charge is 0.573 e. The predicted octanol–water partition coefficient (Wildman–Crippen LogP) is 5.65. The lowest BCUT2D eigenvalue weighted by atomic mass is 9.50. The molecule has 2 N–H and O–H groups in total. The van der Waals surface area contributed by atoms with Gasteiger partial charge < -0.3 is 24.4 Å². The number of hydrogen-bond donors (Lipinski definition) is 2. The molecule has 9 heteroatoms. The molecule has 2 aromatic rings. The predicted molar refractivity (Wildman–Crippen MR) is 158 cm³/mol. The van der Waals surface area contributed by atoms with Crippen LogP contribution in [-0.4, -0.2) is 66.0 Å². The molecule has 6 nitrogen and oxygen atoms in total. The van der Waals surface area contributed by atoms with Gasteiger partial charge in [-0.1, -0.05) is 73.2 Å². The second kappa shape index (κ2) is 10.6. The van der Waals surface area contributed by atoms with Crippen LogP contribution >= 0.6 is 0 Å². The number of allylic oxidation sites excluding steroid dienone is 1. The summed E-state index contributed by atoms with van der Waals surface area (Å²) < 4.78 is 51.9. The van der Waals surface area contributed by atoms with Gasteiger partial charge in [0.15, 0.2) is 11.5 Å². The maximum absolute atomic E-state index is 13.4. The number of nitrogens with one attached hydrogen (secondary N) is 1. The molecule has 7 atom stereocenters. The molecule has 2 saturated heterocycles. The van der Waals surface area contributed by atoms with Gasteiger partial charge in [-0.15, -0.1) is 13.2 Å². The van der Waals surface area contributed by atoms with Crippen LogP contribution in [0.25, 0.3) is 6.08 Å². The van der Waals surface area contributed by atoms with Gasteiger partial charge in [-0.05, 0) is 47.3 Å². The lowest BCUT2D eigenvalue weighted by molar-refractivity contribution is -0.945. The van der Waals surface area contributed by atoms with E-state index in [9.17, 15) is 23.1 Å². The topological polar surface area (TPSA) is 67.8 Å². The molecule has 2 heterocycles. The standard InChI is InChI=1S/C35H37F3N2O4/c1-40(19-16-23-9-4-2-5-10-23)20-18-33-26-13-8-14-29(33)43-31-30(33)25(22-27(26)40)15-17-34(31,42)39-32(41)28(44-35(36,37)38)21-24-11-6-3-7-12-24/h2-7,9-12,15,17,21,26-27,29,31,42H,8,13-14,16,18-20,22H2,1H3/p+1/t26-,27+,29-,31?,33+,34?,40?/m0/s1. The van der Waals surface area contributed by atoms with Crippen LogP contribution in [0, 0.1) is 11.3 Å². The van der Waals surface area contributed by atoms with E-state index in [1.54, 1.807) is 30.3 Å². The van der Waals surface area contributed by atoms with Crippen molar-refractivity contribution in [3.8, 4) is 0 Å². The van der Waals surface area contributed by atoms with E-state index in [4.69, 9.17) is 4.74 Å². The van der Waals surface area contributed by atoms with Crippen molar-refractivity contribution in [3.05, 3.63) is 101 Å². The van der Waals surface area contributed by atoms with Crippen molar-refractivity contribution in [2.24, 2.45) is 11.3 Å². The number of halogens is 3. The lowest BCUT2D eigenvalue weighted by Gasteiger charge is -2.61. The monoisotopic (exact) mass is 607 g/mol. The molecule has 1 saturated carbocycles. The number of rotatable bonds is 7. The fourth-order valence-corrected chi connectivity index (χ4v) is 8.96. The van der Waals surface area contributed by atoms with Gasteiger partial charge in [0.1, 0.15) is 6.10 Å². The summed E-state index contributed by atoms with van der Waals surface area (Å²) in [5.41, 5.74) is 1.59. The summed E-state index contributed by atoms with van der Waals surface area (Å²) in [6.07, 6.45) is 4.00. The highest BCUT2D eigenvalue weighted by Gasteiger charge is 2.70. The molecule has 7 rings (SSSR count). The molecule has 0 radical (unpaired) electrons. The number of ether oxygens (including phenoxy) is 2. The number of alkyl halides is 3. The average Bonchev–Trinajstić information content (AvgIpc) is 3.35. The van der Waals surface area contributed by atoms with E-state index in [2.05, 4.69) is 41.4 Å². The number of likely N-dealkylation sites (tertiary alicyclic amines) is 1. The summed E-state index contributed by atoms with van der Waals surface area (Å²) >= 11 is 0. The molecular formula is C35H38F3N2O4+. The van der Waals surface area contributed by atoms with Crippen LogP contribution in [0.1, 0.15) is 43.2 Å². The zero-order valence-electron chi connectivity index (χ0n) is 24.7. The van der Waals surface area contributed by atoms with Crippen LogP contribution in [-0.2, 0) is 20.7 Å². The first-order valence-corrected chi connectivity index (χ1v) is 15.5. The van der Waals surface area contributed by atoms with Crippen molar-refractivity contribution in [1.29, 1.82) is 0 Å². The third kappa shape index (κ3) is 4.89. The SMILES string of the molecule is C[N+]1(CCc2ccccc2)CC[C@]23C4=C5C=CC(O)(NC(=O)C(=Cc6ccccc6)OC(F)(F)F)C4O[C@H]2CCC[C@H]3[C@H]1C5. The minimum Gasteiger partial charge on any atom is -0.400 e. The summed E-state index contributed by atoms with van der Waals surface area (Å²) in [5.74, 6) is -1.75. The minimum absolute atomic E-state index is 0.115. The Balaban J connectivity index is 1.19. The zero-order valence-corrected chi connectivity index (χ0v) is 24.7. The summed E-state index contributed by atoms with van der Waals surface area (Å²) in [7, 11) is 2.38. The molecular weight excluding hydrogens is 569 g/mol. The van der Waals surface area contributed by atoms with Crippen LogP contribution < -0.4 is 5.32 Å². The fourth-order valence-electron chi connectivity index (χ4n) is 8.96. The van der Waals surface area contributed by atoms with Gasteiger partial charge in [0.25, 0.3) is 5.91 Å². The molecule has 44 heavy (non-hydrogen) atoms. The second-order valence-electron chi connectivity index (χ2n) is 13.3. The number of likely N-dealkylation sites (N-methyl/N-ethyl adjacent to an activating group) is 1. The Bertz CT molecular complexity index is 1520. The van der Waals surface area contributed by atoms with E-state index < -0.39 is 29.9 Å². The zero-order chi connectivity index (χ0) is 30.7. The normalized spacial score (nSPS) is 35.7. The smallest absolute Gasteiger partial charge is 0.400 e. The van der Waals surface area contributed by atoms with Crippen molar-refractivity contribution in [1.82, 2.24) is 5.32 Å². The Labute approximate surface area is 255 Å². The summed E-state index contributed by atoms with van der Waals surface area (Å²) in [5, 5.41) is 14.4. The number of aliphatic hydroxyl groups is 1. The lowest BCUT2D eigenvalue weighted by Crippen LogP contribution is -2.69. The molecule has 2 bridgehead atoms. The third-order valence-electron chi connectivity index (χ3n) is 10.9. The second-order valence-corrected chi connectivity index (χ2v) is 13.3. The Morgan fingerprint density at radius 2 is 1.86 bits per heavy atom. The van der Waals surface area contributed by atoms with Crippen LogP contribution in [0.15, 0.2) is 89.7 Å². The van der Waals surface area contributed by atoms with E-state index in [1.165, 1.54) is 11.6 Å². The molecule has 0 aromatic heterocycles. The maximum Gasteiger partial charge on any atom is 0.573 e. The summed E-state index contributed by atoms with van der Waals surface area (Å²) in [4.78, 5) is 13.4. The first-order chi connectivity index (χ1) is 21.0. The van der Waals surface area contributed by atoms with E-state index in [0.29, 0.717) is 17.5 Å². The molecule has 5 aliphatic rings. The molecule has 2 aromatic carbocycles. The third-order valence-corrected chi connectivity index (χ3v) is 10.9.